The molecule has 0 atom stereocenters. The van der Waals surface area contributed by atoms with Crippen molar-refractivity contribution in [3.05, 3.63) is 52.2 Å². The van der Waals surface area contributed by atoms with E-state index in [1.165, 1.54) is 35.0 Å². The average molecular weight is 398 g/mol. The normalized spacial score (nSPS) is 13.4. The van der Waals surface area contributed by atoms with Gasteiger partial charge in [0.15, 0.2) is 0 Å². The SMILES string of the molecule is Cc1nc(SCC(=O)NC(=O)c2ccccc2)c2c3c(sc2n1)CCCC3. The third kappa shape index (κ3) is 3.89. The molecular weight excluding hydrogens is 378 g/mol. The fraction of sp³-hybridized carbons (Fsp3) is 0.300. The molecule has 4 rings (SSSR count). The van der Waals surface area contributed by atoms with Gasteiger partial charge in [-0.1, -0.05) is 30.0 Å². The Kier molecular flexibility index (Phi) is 5.22. The number of aryl methyl sites for hydroxylation is 3. The van der Waals surface area contributed by atoms with E-state index in [0.29, 0.717) is 11.4 Å². The van der Waals surface area contributed by atoms with Crippen molar-refractivity contribution in [1.29, 1.82) is 0 Å². The van der Waals surface area contributed by atoms with Crippen LogP contribution in [0.1, 0.15) is 39.5 Å². The van der Waals surface area contributed by atoms with Crippen molar-refractivity contribution in [3.63, 3.8) is 0 Å². The maximum atomic E-state index is 12.3. The molecule has 0 radical (unpaired) electrons. The number of aromatic nitrogens is 2. The monoisotopic (exact) mass is 397 g/mol. The van der Waals surface area contributed by atoms with Gasteiger partial charge >= 0.3 is 0 Å². The third-order valence-corrected chi connectivity index (χ3v) is 6.68. The molecule has 7 heteroatoms. The average Bonchev–Trinajstić information content (AvgIpc) is 3.05. The fourth-order valence-corrected chi connectivity index (χ4v) is 5.56. The highest BCUT2D eigenvalue weighted by molar-refractivity contribution is 8.00. The van der Waals surface area contributed by atoms with Gasteiger partial charge in [0.05, 0.1) is 5.75 Å². The number of rotatable bonds is 4. The van der Waals surface area contributed by atoms with Gasteiger partial charge in [-0.3, -0.25) is 14.9 Å². The Morgan fingerprint density at radius 3 is 2.74 bits per heavy atom. The molecular formula is C20H19N3O2S2. The minimum atomic E-state index is -0.377. The fourth-order valence-electron chi connectivity index (χ4n) is 3.29. The van der Waals surface area contributed by atoms with Crippen molar-refractivity contribution in [1.82, 2.24) is 15.3 Å². The van der Waals surface area contributed by atoms with Crippen molar-refractivity contribution in [2.45, 2.75) is 37.6 Å². The number of imide groups is 1. The van der Waals surface area contributed by atoms with E-state index in [1.54, 1.807) is 35.6 Å². The number of fused-ring (bicyclic) bond motifs is 3. The van der Waals surface area contributed by atoms with Gasteiger partial charge in [-0.2, -0.15) is 0 Å². The van der Waals surface area contributed by atoms with Gasteiger partial charge in [0, 0.05) is 15.8 Å². The summed E-state index contributed by atoms with van der Waals surface area (Å²) in [6.07, 6.45) is 4.56. The maximum Gasteiger partial charge on any atom is 0.257 e. The summed E-state index contributed by atoms with van der Waals surface area (Å²) in [7, 11) is 0. The topological polar surface area (TPSA) is 72.0 Å². The summed E-state index contributed by atoms with van der Waals surface area (Å²) in [6, 6.07) is 8.75. The maximum absolute atomic E-state index is 12.3. The molecule has 0 fully saturated rings. The molecule has 0 bridgehead atoms. The van der Waals surface area contributed by atoms with Gasteiger partial charge in [0.25, 0.3) is 5.91 Å². The van der Waals surface area contributed by atoms with Crippen molar-refractivity contribution in [3.8, 4) is 0 Å². The first kappa shape index (κ1) is 18.1. The zero-order valence-electron chi connectivity index (χ0n) is 14.9. The van der Waals surface area contributed by atoms with Crippen molar-refractivity contribution in [2.24, 2.45) is 0 Å². The van der Waals surface area contributed by atoms with E-state index in [2.05, 4.69) is 15.3 Å². The molecule has 1 aromatic carbocycles. The van der Waals surface area contributed by atoms with Crippen LogP contribution in [0.15, 0.2) is 35.4 Å². The quantitative estimate of drug-likeness (QED) is 0.533. The number of thioether (sulfide) groups is 1. The molecule has 0 saturated carbocycles. The van der Waals surface area contributed by atoms with Gasteiger partial charge in [-0.25, -0.2) is 9.97 Å². The number of thiophene rings is 1. The Morgan fingerprint density at radius 2 is 1.93 bits per heavy atom. The van der Waals surface area contributed by atoms with Crippen LogP contribution in [-0.2, 0) is 17.6 Å². The van der Waals surface area contributed by atoms with E-state index in [9.17, 15) is 9.59 Å². The number of nitrogens with zero attached hydrogens (tertiary/aromatic N) is 2. The third-order valence-electron chi connectivity index (χ3n) is 4.52. The molecule has 5 nitrogen and oxygen atoms in total. The summed E-state index contributed by atoms with van der Waals surface area (Å²) in [5, 5.41) is 4.40. The largest absolute Gasteiger partial charge is 0.292 e. The summed E-state index contributed by atoms with van der Waals surface area (Å²) < 4.78 is 0. The number of hydrogen-bond donors (Lipinski definition) is 1. The molecule has 1 aliphatic carbocycles. The molecule has 3 aromatic rings. The Morgan fingerprint density at radius 1 is 1.15 bits per heavy atom. The number of benzene rings is 1. The number of amides is 2. The predicted octanol–water partition coefficient (Wildman–Crippen LogP) is 3.93. The lowest BCUT2D eigenvalue weighted by Gasteiger charge is -2.11. The van der Waals surface area contributed by atoms with Crippen LogP contribution >= 0.6 is 23.1 Å². The number of hydrogen-bond acceptors (Lipinski definition) is 6. The zero-order chi connectivity index (χ0) is 18.8. The molecule has 2 amide bonds. The number of nitrogens with one attached hydrogen (secondary N) is 1. The Labute approximate surface area is 165 Å². The molecule has 0 unspecified atom stereocenters. The Bertz CT molecular complexity index is 1010. The first-order valence-corrected chi connectivity index (χ1v) is 10.7. The standard InChI is InChI=1S/C20H19N3O2S2/c1-12-21-19(17-14-9-5-6-10-15(14)27-20(17)22-12)26-11-16(24)23-18(25)13-7-3-2-4-8-13/h2-4,7-8H,5-6,9-11H2,1H3,(H,23,24,25). The van der Waals surface area contributed by atoms with Gasteiger partial charge in [-0.15, -0.1) is 11.3 Å². The summed E-state index contributed by atoms with van der Waals surface area (Å²) in [6.45, 7) is 1.88. The predicted molar refractivity (Wildman–Crippen MR) is 108 cm³/mol. The summed E-state index contributed by atoms with van der Waals surface area (Å²) >= 11 is 3.13. The minimum Gasteiger partial charge on any atom is -0.292 e. The molecule has 1 N–H and O–H groups in total. The number of carbonyl (C=O) groups excluding carboxylic acids is 2. The molecule has 0 saturated heterocycles. The van der Waals surface area contributed by atoms with E-state index in [-0.39, 0.29) is 17.6 Å². The molecule has 0 aliphatic heterocycles. The van der Waals surface area contributed by atoms with Crippen molar-refractivity contribution < 1.29 is 9.59 Å². The van der Waals surface area contributed by atoms with Crippen LogP contribution in [0, 0.1) is 6.92 Å². The summed E-state index contributed by atoms with van der Waals surface area (Å²) in [5.74, 6) is 0.166. The highest BCUT2D eigenvalue weighted by Crippen LogP contribution is 2.39. The van der Waals surface area contributed by atoms with Gasteiger partial charge < -0.3 is 0 Å². The molecule has 27 heavy (non-hydrogen) atoms. The lowest BCUT2D eigenvalue weighted by atomic mass is 9.97. The van der Waals surface area contributed by atoms with E-state index in [4.69, 9.17) is 0 Å². The highest BCUT2D eigenvalue weighted by atomic mass is 32.2. The zero-order valence-corrected chi connectivity index (χ0v) is 16.6. The summed E-state index contributed by atoms with van der Waals surface area (Å²) in [4.78, 5) is 36.0. The van der Waals surface area contributed by atoms with Gasteiger partial charge in [0.1, 0.15) is 15.7 Å². The Balaban J connectivity index is 1.51. The molecule has 1 aliphatic rings. The Hall–Kier alpha value is -2.25. The second-order valence-electron chi connectivity index (χ2n) is 6.50. The van der Waals surface area contributed by atoms with Crippen LogP contribution in [0.25, 0.3) is 10.2 Å². The number of carbonyl (C=O) groups is 2. The van der Waals surface area contributed by atoms with E-state index < -0.39 is 0 Å². The molecule has 0 spiro atoms. The summed E-state index contributed by atoms with van der Waals surface area (Å²) in [5.41, 5.74) is 1.83. The molecule has 138 valence electrons. The van der Waals surface area contributed by atoms with Gasteiger partial charge in [-0.05, 0) is 50.3 Å². The van der Waals surface area contributed by atoms with Crippen LogP contribution in [0.3, 0.4) is 0 Å². The highest BCUT2D eigenvalue weighted by Gasteiger charge is 2.21. The second kappa shape index (κ2) is 7.78. The van der Waals surface area contributed by atoms with Crippen molar-refractivity contribution >= 4 is 45.1 Å². The van der Waals surface area contributed by atoms with Crippen LogP contribution < -0.4 is 5.32 Å². The lowest BCUT2D eigenvalue weighted by molar-refractivity contribution is -0.117. The van der Waals surface area contributed by atoms with E-state index in [1.807, 2.05) is 13.0 Å². The van der Waals surface area contributed by atoms with Crippen LogP contribution in [0.5, 0.6) is 0 Å². The second-order valence-corrected chi connectivity index (χ2v) is 8.55. The van der Waals surface area contributed by atoms with Gasteiger partial charge in [0.2, 0.25) is 5.91 Å². The van der Waals surface area contributed by atoms with Crippen LogP contribution in [-0.4, -0.2) is 27.5 Å². The first-order valence-electron chi connectivity index (χ1n) is 8.93. The molecule has 2 heterocycles. The van der Waals surface area contributed by atoms with Crippen LogP contribution in [0.4, 0.5) is 0 Å². The van der Waals surface area contributed by atoms with Crippen molar-refractivity contribution in [2.75, 3.05) is 5.75 Å². The van der Waals surface area contributed by atoms with Crippen LogP contribution in [0.2, 0.25) is 0 Å². The molecule has 2 aromatic heterocycles. The smallest absolute Gasteiger partial charge is 0.257 e. The lowest BCUT2D eigenvalue weighted by Crippen LogP contribution is -2.31. The minimum absolute atomic E-state index is 0.148. The van der Waals surface area contributed by atoms with E-state index >= 15 is 0 Å². The first-order chi connectivity index (χ1) is 13.1. The van der Waals surface area contributed by atoms with E-state index in [0.717, 1.165) is 28.1 Å².